The van der Waals surface area contributed by atoms with Crippen LogP contribution in [0.25, 0.3) is 11.0 Å². The number of carbonyl (C=O) groups is 2. The predicted molar refractivity (Wildman–Crippen MR) is 79.8 cm³/mol. The fourth-order valence-electron chi connectivity index (χ4n) is 1.91. The lowest BCUT2D eigenvalue weighted by Crippen LogP contribution is -2.29. The van der Waals surface area contributed by atoms with Crippen LogP contribution < -0.4 is 10.6 Å². The highest BCUT2D eigenvalue weighted by Gasteiger charge is 2.14. The van der Waals surface area contributed by atoms with E-state index in [1.54, 1.807) is 48.8 Å². The summed E-state index contributed by atoms with van der Waals surface area (Å²) < 4.78 is 0. The van der Waals surface area contributed by atoms with Gasteiger partial charge < -0.3 is 15.6 Å². The molecule has 2 aromatic carbocycles. The monoisotopic (exact) mass is 280 g/mol. The molecule has 0 aliphatic heterocycles. The molecule has 0 atom stereocenters. The molecule has 0 saturated heterocycles. The molecule has 0 radical (unpaired) electrons. The van der Waals surface area contributed by atoms with Crippen molar-refractivity contribution in [3.63, 3.8) is 0 Å². The van der Waals surface area contributed by atoms with Gasteiger partial charge in [0.1, 0.15) is 0 Å². The SMILES string of the molecule is O=C(Nc1ccccc1)C(=O)Nc1ccc2nc[nH]c2c1. The van der Waals surface area contributed by atoms with E-state index in [4.69, 9.17) is 0 Å². The maximum atomic E-state index is 11.8. The number of H-pyrrole nitrogens is 1. The Balaban J connectivity index is 1.69. The zero-order valence-electron chi connectivity index (χ0n) is 11.0. The van der Waals surface area contributed by atoms with Crippen molar-refractivity contribution in [3.8, 4) is 0 Å². The van der Waals surface area contributed by atoms with Crippen molar-refractivity contribution in [2.24, 2.45) is 0 Å². The first-order chi connectivity index (χ1) is 10.2. The molecule has 3 N–H and O–H groups in total. The normalized spacial score (nSPS) is 10.3. The molecule has 3 aromatic rings. The third-order valence-corrected chi connectivity index (χ3v) is 2.92. The van der Waals surface area contributed by atoms with Crippen LogP contribution in [0.2, 0.25) is 0 Å². The largest absolute Gasteiger partial charge is 0.345 e. The van der Waals surface area contributed by atoms with Crippen LogP contribution in [0, 0.1) is 0 Å². The van der Waals surface area contributed by atoms with E-state index in [1.165, 1.54) is 0 Å². The Bertz CT molecular complexity index is 796. The Morgan fingerprint density at radius 3 is 2.38 bits per heavy atom. The summed E-state index contributed by atoms with van der Waals surface area (Å²) in [5, 5.41) is 5.07. The van der Waals surface area contributed by atoms with Gasteiger partial charge in [0.05, 0.1) is 17.4 Å². The number of nitrogens with zero attached hydrogens (tertiary/aromatic N) is 1. The molecule has 0 bridgehead atoms. The molecule has 0 aliphatic carbocycles. The molecule has 104 valence electrons. The standard InChI is InChI=1S/C15H12N4O2/c20-14(18-10-4-2-1-3-5-10)15(21)19-11-6-7-12-13(8-11)17-9-16-12/h1-9H,(H,16,17)(H,18,20)(H,19,21). The van der Waals surface area contributed by atoms with Crippen molar-refractivity contribution in [1.82, 2.24) is 9.97 Å². The Kier molecular flexibility index (Phi) is 3.34. The van der Waals surface area contributed by atoms with Gasteiger partial charge in [0.2, 0.25) is 0 Å². The van der Waals surface area contributed by atoms with Gasteiger partial charge in [-0.15, -0.1) is 0 Å². The number of aromatic nitrogens is 2. The van der Waals surface area contributed by atoms with Gasteiger partial charge in [0, 0.05) is 11.4 Å². The van der Waals surface area contributed by atoms with Crippen LogP contribution in [0.4, 0.5) is 11.4 Å². The Hall–Kier alpha value is -3.15. The smallest absolute Gasteiger partial charge is 0.314 e. The second-order valence-electron chi connectivity index (χ2n) is 4.41. The highest BCUT2D eigenvalue weighted by Crippen LogP contribution is 2.15. The van der Waals surface area contributed by atoms with E-state index >= 15 is 0 Å². The number of para-hydroxylation sites is 1. The first kappa shape index (κ1) is 12.9. The fourth-order valence-corrected chi connectivity index (χ4v) is 1.91. The molecule has 0 unspecified atom stereocenters. The van der Waals surface area contributed by atoms with Crippen molar-refractivity contribution < 1.29 is 9.59 Å². The second kappa shape index (κ2) is 5.46. The minimum Gasteiger partial charge on any atom is -0.345 e. The van der Waals surface area contributed by atoms with Gasteiger partial charge in [0.15, 0.2) is 0 Å². The number of nitrogens with one attached hydrogen (secondary N) is 3. The third-order valence-electron chi connectivity index (χ3n) is 2.92. The van der Waals surface area contributed by atoms with E-state index in [2.05, 4.69) is 20.6 Å². The summed E-state index contributed by atoms with van der Waals surface area (Å²) in [6.07, 6.45) is 1.57. The lowest BCUT2D eigenvalue weighted by molar-refractivity contribution is -0.132. The molecule has 6 heteroatoms. The fraction of sp³-hybridized carbons (Fsp3) is 0. The lowest BCUT2D eigenvalue weighted by atomic mass is 10.2. The molecule has 0 spiro atoms. The van der Waals surface area contributed by atoms with E-state index in [1.807, 2.05) is 6.07 Å². The average molecular weight is 280 g/mol. The molecule has 0 saturated carbocycles. The van der Waals surface area contributed by atoms with Crippen LogP contribution in [-0.4, -0.2) is 21.8 Å². The van der Waals surface area contributed by atoms with Crippen molar-refractivity contribution in [1.29, 1.82) is 0 Å². The van der Waals surface area contributed by atoms with Crippen LogP contribution in [0.15, 0.2) is 54.9 Å². The number of rotatable bonds is 2. The van der Waals surface area contributed by atoms with Gasteiger partial charge in [0.25, 0.3) is 0 Å². The summed E-state index contributed by atoms with van der Waals surface area (Å²) in [4.78, 5) is 30.7. The molecule has 0 fully saturated rings. The van der Waals surface area contributed by atoms with Crippen LogP contribution >= 0.6 is 0 Å². The molecule has 1 aromatic heterocycles. The number of imidazole rings is 1. The summed E-state index contributed by atoms with van der Waals surface area (Å²) in [5.41, 5.74) is 2.68. The van der Waals surface area contributed by atoms with Crippen molar-refractivity contribution in [2.75, 3.05) is 10.6 Å². The van der Waals surface area contributed by atoms with Crippen LogP contribution in [0.5, 0.6) is 0 Å². The number of benzene rings is 2. The van der Waals surface area contributed by atoms with Crippen LogP contribution in [0.3, 0.4) is 0 Å². The van der Waals surface area contributed by atoms with E-state index in [9.17, 15) is 9.59 Å². The molecule has 2 amide bonds. The Morgan fingerprint density at radius 2 is 1.62 bits per heavy atom. The van der Waals surface area contributed by atoms with Crippen molar-refractivity contribution in [2.45, 2.75) is 0 Å². The van der Waals surface area contributed by atoms with Gasteiger partial charge >= 0.3 is 11.8 Å². The van der Waals surface area contributed by atoms with Crippen molar-refractivity contribution in [3.05, 3.63) is 54.9 Å². The molecular formula is C15H12N4O2. The van der Waals surface area contributed by atoms with Crippen molar-refractivity contribution >= 4 is 34.2 Å². The summed E-state index contributed by atoms with van der Waals surface area (Å²) in [7, 11) is 0. The molecule has 6 nitrogen and oxygen atoms in total. The van der Waals surface area contributed by atoms with Gasteiger partial charge in [-0.25, -0.2) is 4.98 Å². The maximum absolute atomic E-state index is 11.8. The van der Waals surface area contributed by atoms with E-state index in [0.29, 0.717) is 11.4 Å². The van der Waals surface area contributed by atoms with Gasteiger partial charge in [-0.3, -0.25) is 9.59 Å². The predicted octanol–water partition coefficient (Wildman–Crippen LogP) is 2.14. The Labute approximate surface area is 120 Å². The van der Waals surface area contributed by atoms with Crippen LogP contribution in [-0.2, 0) is 9.59 Å². The molecule has 1 heterocycles. The van der Waals surface area contributed by atoms with Gasteiger partial charge in [-0.1, -0.05) is 18.2 Å². The first-order valence-electron chi connectivity index (χ1n) is 6.33. The number of amides is 2. The molecular weight excluding hydrogens is 268 g/mol. The number of carbonyl (C=O) groups excluding carboxylic acids is 2. The average Bonchev–Trinajstić information content (AvgIpc) is 2.95. The lowest BCUT2D eigenvalue weighted by Gasteiger charge is -2.06. The summed E-state index contributed by atoms with van der Waals surface area (Å²) in [6, 6.07) is 14.0. The highest BCUT2D eigenvalue weighted by molar-refractivity contribution is 6.43. The third kappa shape index (κ3) is 2.89. The minimum absolute atomic E-state index is 0.528. The maximum Gasteiger partial charge on any atom is 0.314 e. The first-order valence-corrected chi connectivity index (χ1v) is 6.33. The number of fused-ring (bicyclic) bond motifs is 1. The number of hydrogen-bond acceptors (Lipinski definition) is 3. The summed E-state index contributed by atoms with van der Waals surface area (Å²) in [6.45, 7) is 0. The molecule has 21 heavy (non-hydrogen) atoms. The van der Waals surface area contributed by atoms with Crippen LogP contribution in [0.1, 0.15) is 0 Å². The van der Waals surface area contributed by atoms with E-state index in [-0.39, 0.29) is 0 Å². The highest BCUT2D eigenvalue weighted by atomic mass is 16.2. The zero-order chi connectivity index (χ0) is 14.7. The summed E-state index contributed by atoms with van der Waals surface area (Å²) >= 11 is 0. The van der Waals surface area contributed by atoms with E-state index in [0.717, 1.165) is 11.0 Å². The number of hydrogen-bond donors (Lipinski definition) is 3. The molecule has 3 rings (SSSR count). The molecule has 0 aliphatic rings. The minimum atomic E-state index is -0.724. The second-order valence-corrected chi connectivity index (χ2v) is 4.41. The van der Waals surface area contributed by atoms with Gasteiger partial charge in [-0.2, -0.15) is 0 Å². The van der Waals surface area contributed by atoms with Gasteiger partial charge in [-0.05, 0) is 30.3 Å². The summed E-state index contributed by atoms with van der Waals surface area (Å²) in [5.74, 6) is -1.44. The Morgan fingerprint density at radius 1 is 0.905 bits per heavy atom. The number of anilines is 2. The zero-order valence-corrected chi connectivity index (χ0v) is 11.0. The number of aromatic amines is 1. The quantitative estimate of drug-likeness (QED) is 0.628. The van der Waals surface area contributed by atoms with E-state index < -0.39 is 11.8 Å². The topological polar surface area (TPSA) is 86.9 Å².